The van der Waals surface area contributed by atoms with E-state index < -0.39 is 7.60 Å². The number of rotatable bonds is 11. The molecule has 0 spiro atoms. The van der Waals surface area contributed by atoms with Crippen molar-refractivity contribution in [3.8, 4) is 11.5 Å². The molecular weight excluding hydrogens is 425 g/mol. The molecule has 0 unspecified atom stereocenters. The number of anilines is 3. The van der Waals surface area contributed by atoms with Gasteiger partial charge in [-0.25, -0.2) is 0 Å². The molecule has 32 heavy (non-hydrogen) atoms. The van der Waals surface area contributed by atoms with Crippen LogP contribution in [-0.2, 0) is 19.8 Å². The van der Waals surface area contributed by atoms with E-state index in [-0.39, 0.29) is 6.16 Å². The van der Waals surface area contributed by atoms with Crippen LogP contribution in [0.5, 0.6) is 11.5 Å². The van der Waals surface area contributed by atoms with Crippen LogP contribution in [0.2, 0.25) is 0 Å². The summed E-state index contributed by atoms with van der Waals surface area (Å²) in [5.74, 6) is 1.59. The van der Waals surface area contributed by atoms with Gasteiger partial charge in [-0.15, -0.1) is 0 Å². The molecule has 6 nitrogen and oxygen atoms in total. The minimum atomic E-state index is -3.16. The molecular formula is C25H30NO5P. The summed E-state index contributed by atoms with van der Waals surface area (Å²) in [6.07, 6.45) is 0.236. The quantitative estimate of drug-likeness (QED) is 0.292. The van der Waals surface area contributed by atoms with Crippen molar-refractivity contribution in [2.45, 2.75) is 20.0 Å². The van der Waals surface area contributed by atoms with Gasteiger partial charge < -0.3 is 23.4 Å². The third-order valence-corrected chi connectivity index (χ3v) is 6.94. The zero-order valence-corrected chi connectivity index (χ0v) is 19.9. The molecule has 0 aromatic heterocycles. The summed E-state index contributed by atoms with van der Waals surface area (Å²) >= 11 is 0. The highest BCUT2D eigenvalue weighted by Crippen LogP contribution is 2.51. The molecule has 0 aliphatic carbocycles. The van der Waals surface area contributed by atoms with E-state index in [0.717, 1.165) is 34.1 Å². The van der Waals surface area contributed by atoms with Crippen LogP contribution in [0, 0.1) is 0 Å². The van der Waals surface area contributed by atoms with Gasteiger partial charge >= 0.3 is 7.60 Å². The van der Waals surface area contributed by atoms with Crippen LogP contribution in [0.25, 0.3) is 0 Å². The van der Waals surface area contributed by atoms with E-state index in [0.29, 0.717) is 13.2 Å². The molecule has 3 aromatic rings. The second-order valence-corrected chi connectivity index (χ2v) is 9.06. The topological polar surface area (TPSA) is 57.2 Å². The fraction of sp³-hybridized carbons (Fsp3) is 0.280. The fourth-order valence-corrected chi connectivity index (χ4v) is 5.11. The fourth-order valence-electron chi connectivity index (χ4n) is 3.41. The highest BCUT2D eigenvalue weighted by atomic mass is 31.2. The average molecular weight is 455 g/mol. The molecule has 0 radical (unpaired) electrons. The van der Waals surface area contributed by atoms with Gasteiger partial charge in [0.15, 0.2) is 0 Å². The van der Waals surface area contributed by atoms with Crippen LogP contribution < -0.4 is 14.4 Å². The number of benzene rings is 3. The first-order chi connectivity index (χ1) is 15.5. The molecule has 0 saturated heterocycles. The van der Waals surface area contributed by atoms with Crippen LogP contribution in [0.4, 0.5) is 17.1 Å². The zero-order chi connectivity index (χ0) is 23.0. The summed E-state index contributed by atoms with van der Waals surface area (Å²) in [5.41, 5.74) is 3.83. The molecule has 3 aromatic carbocycles. The van der Waals surface area contributed by atoms with Crippen molar-refractivity contribution >= 4 is 24.7 Å². The van der Waals surface area contributed by atoms with Crippen molar-refractivity contribution in [3.63, 3.8) is 0 Å². The van der Waals surface area contributed by atoms with Crippen LogP contribution >= 0.6 is 7.60 Å². The molecule has 0 aliphatic heterocycles. The second-order valence-electron chi connectivity index (χ2n) is 7.00. The number of methoxy groups -OCH3 is 2. The Bertz CT molecular complexity index is 962. The number of hydrogen-bond donors (Lipinski definition) is 0. The maximum Gasteiger partial charge on any atom is 0.335 e. The van der Waals surface area contributed by atoms with E-state index in [1.165, 1.54) is 0 Å². The third-order valence-electron chi connectivity index (χ3n) is 4.88. The minimum Gasteiger partial charge on any atom is -0.497 e. The van der Waals surface area contributed by atoms with Crippen LogP contribution in [0.1, 0.15) is 19.4 Å². The van der Waals surface area contributed by atoms with Crippen molar-refractivity contribution in [3.05, 3.63) is 78.4 Å². The average Bonchev–Trinajstić information content (AvgIpc) is 2.81. The summed E-state index contributed by atoms with van der Waals surface area (Å²) < 4.78 is 34.4. The second kappa shape index (κ2) is 11.2. The molecule has 0 atom stereocenters. The molecule has 0 fully saturated rings. The maximum absolute atomic E-state index is 12.9. The van der Waals surface area contributed by atoms with E-state index >= 15 is 0 Å². The third kappa shape index (κ3) is 5.92. The summed E-state index contributed by atoms with van der Waals surface area (Å²) in [7, 11) is 0.146. The SMILES string of the molecule is CCOP(=O)(Cc1ccc(N(c2ccc(OC)cc2)c2ccc(OC)cc2)cc1)OCC. The van der Waals surface area contributed by atoms with Gasteiger partial charge in [-0.3, -0.25) is 4.57 Å². The maximum atomic E-state index is 12.9. The first-order valence-electron chi connectivity index (χ1n) is 10.6. The van der Waals surface area contributed by atoms with E-state index in [9.17, 15) is 4.57 Å². The Morgan fingerprint density at radius 2 is 1.03 bits per heavy atom. The number of ether oxygens (including phenoxy) is 2. The Hall–Kier alpha value is -2.79. The molecule has 170 valence electrons. The molecule has 0 amide bonds. The summed E-state index contributed by atoms with van der Waals surface area (Å²) in [6, 6.07) is 23.7. The molecule has 0 heterocycles. The minimum absolute atomic E-state index is 0.236. The highest BCUT2D eigenvalue weighted by molar-refractivity contribution is 7.53. The van der Waals surface area contributed by atoms with Crippen LogP contribution in [0.15, 0.2) is 72.8 Å². The Balaban J connectivity index is 1.94. The van der Waals surface area contributed by atoms with Crippen LogP contribution in [0.3, 0.4) is 0 Å². The predicted octanol–water partition coefficient (Wildman–Crippen LogP) is 6.94. The zero-order valence-electron chi connectivity index (χ0n) is 19.0. The van der Waals surface area contributed by atoms with Gasteiger partial charge in [0.1, 0.15) is 11.5 Å². The molecule has 0 N–H and O–H groups in total. The Morgan fingerprint density at radius 3 is 1.38 bits per heavy atom. The first kappa shape index (κ1) is 23.9. The first-order valence-corrected chi connectivity index (χ1v) is 12.3. The smallest absolute Gasteiger partial charge is 0.335 e. The van der Waals surface area contributed by atoms with E-state index in [2.05, 4.69) is 4.90 Å². The summed E-state index contributed by atoms with van der Waals surface area (Å²) in [5, 5.41) is 0. The van der Waals surface area contributed by atoms with Gasteiger partial charge in [0.25, 0.3) is 0 Å². The molecule has 0 bridgehead atoms. The molecule has 7 heteroatoms. The molecule has 0 saturated carbocycles. The number of hydrogen-bond acceptors (Lipinski definition) is 6. The van der Waals surface area contributed by atoms with Crippen molar-refractivity contribution < 1.29 is 23.1 Å². The standard InChI is InChI=1S/C25H30NO5P/c1-5-30-32(27,31-6-2)19-20-7-9-21(10-8-20)26(22-11-15-24(28-3)16-12-22)23-13-17-25(29-4)18-14-23/h7-18H,5-6,19H2,1-4H3. The lowest BCUT2D eigenvalue weighted by Crippen LogP contribution is -2.10. The van der Waals surface area contributed by atoms with Crippen LogP contribution in [-0.4, -0.2) is 27.4 Å². The van der Waals surface area contributed by atoms with Gasteiger partial charge in [-0.1, -0.05) is 12.1 Å². The van der Waals surface area contributed by atoms with E-state index in [1.807, 2.05) is 86.6 Å². The highest BCUT2D eigenvalue weighted by Gasteiger charge is 2.24. The van der Waals surface area contributed by atoms with Gasteiger partial charge in [0, 0.05) is 17.1 Å². The normalized spacial score (nSPS) is 11.2. The van der Waals surface area contributed by atoms with Crippen molar-refractivity contribution in [2.24, 2.45) is 0 Å². The van der Waals surface area contributed by atoms with Gasteiger partial charge in [-0.05, 0) is 80.1 Å². The van der Waals surface area contributed by atoms with Gasteiger partial charge in [-0.2, -0.15) is 0 Å². The van der Waals surface area contributed by atoms with Crippen molar-refractivity contribution in [1.29, 1.82) is 0 Å². The number of nitrogens with zero attached hydrogens (tertiary/aromatic N) is 1. The Morgan fingerprint density at radius 1 is 0.656 bits per heavy atom. The summed E-state index contributed by atoms with van der Waals surface area (Å²) in [4.78, 5) is 2.13. The van der Waals surface area contributed by atoms with E-state index in [4.69, 9.17) is 18.5 Å². The Labute approximate surface area is 190 Å². The van der Waals surface area contributed by atoms with E-state index in [1.54, 1.807) is 14.2 Å². The largest absolute Gasteiger partial charge is 0.497 e. The summed E-state index contributed by atoms with van der Waals surface area (Å²) in [6.45, 7) is 4.32. The lowest BCUT2D eigenvalue weighted by atomic mass is 10.1. The van der Waals surface area contributed by atoms with Gasteiger partial charge in [0.05, 0.1) is 33.6 Å². The molecule has 3 rings (SSSR count). The van der Waals surface area contributed by atoms with Crippen molar-refractivity contribution in [2.75, 3.05) is 32.3 Å². The lowest BCUT2D eigenvalue weighted by Gasteiger charge is -2.26. The predicted molar refractivity (Wildman–Crippen MR) is 129 cm³/mol. The lowest BCUT2D eigenvalue weighted by molar-refractivity contribution is 0.219. The molecule has 0 aliphatic rings. The van der Waals surface area contributed by atoms with Gasteiger partial charge in [0.2, 0.25) is 0 Å². The Kier molecular flexibility index (Phi) is 8.34. The monoisotopic (exact) mass is 455 g/mol. The van der Waals surface area contributed by atoms with Crippen molar-refractivity contribution in [1.82, 2.24) is 0 Å².